The van der Waals surface area contributed by atoms with Gasteiger partial charge in [-0.2, -0.15) is 0 Å². The molecule has 0 spiro atoms. The lowest BCUT2D eigenvalue weighted by Gasteiger charge is -1.86. The molecule has 0 fully saturated rings. The minimum absolute atomic E-state index is 0.303. The van der Waals surface area contributed by atoms with E-state index in [1.807, 2.05) is 0 Å². The molecule has 0 heterocycles. The standard InChI is InChI=1S/C3H9N3/c1-6-2-3(4)5/h2,6H,4-5H2,1H3. The lowest BCUT2D eigenvalue weighted by atomic mass is 10.8. The van der Waals surface area contributed by atoms with E-state index in [0.29, 0.717) is 5.82 Å². The molecule has 0 atom stereocenters. The van der Waals surface area contributed by atoms with Gasteiger partial charge in [0.1, 0.15) is 5.82 Å². The first-order valence-electron chi connectivity index (χ1n) is 1.65. The zero-order valence-corrected chi connectivity index (χ0v) is 3.73. The SMILES string of the molecule is CNC=C(N)N. The molecule has 0 amide bonds. The number of hydrogen-bond donors (Lipinski definition) is 3. The van der Waals surface area contributed by atoms with Gasteiger partial charge in [-0.1, -0.05) is 0 Å². The first kappa shape index (κ1) is 5.14. The fourth-order valence-electron chi connectivity index (χ4n) is 0.167. The summed E-state index contributed by atoms with van der Waals surface area (Å²) in [5, 5.41) is 2.66. The minimum atomic E-state index is 0.303. The average molecular weight is 87.1 g/mol. The summed E-state index contributed by atoms with van der Waals surface area (Å²) in [6.07, 6.45) is 1.51. The number of nitrogens with one attached hydrogen (secondary N) is 1. The Morgan fingerprint density at radius 2 is 2.17 bits per heavy atom. The predicted octanol–water partition coefficient (Wildman–Crippen LogP) is -1.08. The topological polar surface area (TPSA) is 64.1 Å². The molecule has 3 heteroatoms. The van der Waals surface area contributed by atoms with E-state index in [9.17, 15) is 0 Å². The maximum absolute atomic E-state index is 4.98. The maximum atomic E-state index is 4.98. The number of rotatable bonds is 1. The summed E-state index contributed by atoms with van der Waals surface area (Å²) in [5.41, 5.74) is 9.96. The van der Waals surface area contributed by atoms with Crippen molar-refractivity contribution in [2.75, 3.05) is 7.05 Å². The number of hydrogen-bond acceptors (Lipinski definition) is 3. The molecular weight excluding hydrogens is 78.1 g/mol. The van der Waals surface area contributed by atoms with Crippen LogP contribution in [0.2, 0.25) is 0 Å². The molecule has 0 aliphatic heterocycles. The highest BCUT2D eigenvalue weighted by Gasteiger charge is 1.65. The van der Waals surface area contributed by atoms with Gasteiger partial charge >= 0.3 is 0 Å². The predicted molar refractivity (Wildman–Crippen MR) is 25.5 cm³/mol. The van der Waals surface area contributed by atoms with Gasteiger partial charge in [0.2, 0.25) is 0 Å². The molecule has 0 aromatic rings. The van der Waals surface area contributed by atoms with Crippen molar-refractivity contribution in [3.63, 3.8) is 0 Å². The van der Waals surface area contributed by atoms with Gasteiger partial charge in [0.15, 0.2) is 0 Å². The molecule has 0 saturated carbocycles. The number of nitrogens with two attached hydrogens (primary N) is 2. The Morgan fingerprint density at radius 3 is 2.17 bits per heavy atom. The molecule has 36 valence electrons. The van der Waals surface area contributed by atoms with Gasteiger partial charge in [0.05, 0.1) is 0 Å². The van der Waals surface area contributed by atoms with Crippen molar-refractivity contribution < 1.29 is 0 Å². The smallest absolute Gasteiger partial charge is 0.110 e. The highest BCUT2D eigenvalue weighted by Crippen LogP contribution is 1.55. The summed E-state index contributed by atoms with van der Waals surface area (Å²) < 4.78 is 0. The van der Waals surface area contributed by atoms with Crippen molar-refractivity contribution in [2.45, 2.75) is 0 Å². The largest absolute Gasteiger partial charge is 0.391 e. The van der Waals surface area contributed by atoms with E-state index in [2.05, 4.69) is 5.32 Å². The van der Waals surface area contributed by atoms with Crippen LogP contribution in [0.1, 0.15) is 0 Å². The van der Waals surface area contributed by atoms with Crippen molar-refractivity contribution in [1.82, 2.24) is 5.32 Å². The van der Waals surface area contributed by atoms with Crippen LogP contribution >= 0.6 is 0 Å². The molecule has 0 saturated heterocycles. The molecule has 0 aromatic carbocycles. The van der Waals surface area contributed by atoms with Crippen LogP contribution in [0.4, 0.5) is 0 Å². The first-order chi connectivity index (χ1) is 2.77. The normalized spacial score (nSPS) is 6.83. The van der Waals surface area contributed by atoms with Gasteiger partial charge in [0.25, 0.3) is 0 Å². The average Bonchev–Trinajstić information content (AvgIpc) is 1.35. The van der Waals surface area contributed by atoms with Gasteiger partial charge in [-0.05, 0) is 0 Å². The van der Waals surface area contributed by atoms with Crippen molar-refractivity contribution in [1.29, 1.82) is 0 Å². The van der Waals surface area contributed by atoms with Crippen LogP contribution in [0, 0.1) is 0 Å². The van der Waals surface area contributed by atoms with E-state index < -0.39 is 0 Å². The Kier molecular flexibility index (Phi) is 2.04. The Balaban J connectivity index is 3.14. The van der Waals surface area contributed by atoms with E-state index in [4.69, 9.17) is 11.5 Å². The quantitative estimate of drug-likeness (QED) is 0.381. The second-order valence-electron chi connectivity index (χ2n) is 0.933. The molecule has 0 radical (unpaired) electrons. The molecule has 0 aromatic heterocycles. The van der Waals surface area contributed by atoms with Crippen molar-refractivity contribution in [3.8, 4) is 0 Å². The van der Waals surface area contributed by atoms with E-state index in [1.165, 1.54) is 6.20 Å². The molecule has 0 rings (SSSR count). The van der Waals surface area contributed by atoms with Crippen LogP contribution in [0.15, 0.2) is 12.0 Å². The van der Waals surface area contributed by atoms with Gasteiger partial charge < -0.3 is 16.8 Å². The maximum Gasteiger partial charge on any atom is 0.110 e. The Hall–Kier alpha value is -0.860. The summed E-state index contributed by atoms with van der Waals surface area (Å²) >= 11 is 0. The Bertz CT molecular complexity index is 53.1. The van der Waals surface area contributed by atoms with Crippen LogP contribution in [0.25, 0.3) is 0 Å². The monoisotopic (exact) mass is 87.1 g/mol. The summed E-state index contributed by atoms with van der Waals surface area (Å²) in [5.74, 6) is 0.303. The third kappa shape index (κ3) is 3.14. The van der Waals surface area contributed by atoms with E-state index in [1.54, 1.807) is 7.05 Å². The zero-order chi connectivity index (χ0) is 4.99. The molecule has 6 heavy (non-hydrogen) atoms. The highest BCUT2D eigenvalue weighted by molar-refractivity contribution is 4.85. The fraction of sp³-hybridized carbons (Fsp3) is 0.333. The van der Waals surface area contributed by atoms with Crippen LogP contribution in [-0.4, -0.2) is 7.05 Å². The van der Waals surface area contributed by atoms with Gasteiger partial charge in [-0.25, -0.2) is 0 Å². The molecule has 0 aliphatic carbocycles. The van der Waals surface area contributed by atoms with Crippen molar-refractivity contribution in [2.24, 2.45) is 11.5 Å². The van der Waals surface area contributed by atoms with E-state index in [0.717, 1.165) is 0 Å². The van der Waals surface area contributed by atoms with Crippen LogP contribution in [-0.2, 0) is 0 Å². The van der Waals surface area contributed by atoms with Crippen LogP contribution < -0.4 is 16.8 Å². The second kappa shape index (κ2) is 2.38. The van der Waals surface area contributed by atoms with E-state index >= 15 is 0 Å². The summed E-state index contributed by atoms with van der Waals surface area (Å²) in [4.78, 5) is 0. The second-order valence-corrected chi connectivity index (χ2v) is 0.933. The molecule has 0 bridgehead atoms. The highest BCUT2D eigenvalue weighted by atomic mass is 14.9. The van der Waals surface area contributed by atoms with Crippen LogP contribution in [0.3, 0.4) is 0 Å². The van der Waals surface area contributed by atoms with Gasteiger partial charge in [-0.15, -0.1) is 0 Å². The molecule has 0 aliphatic rings. The molecule has 3 nitrogen and oxygen atoms in total. The van der Waals surface area contributed by atoms with Crippen molar-refractivity contribution in [3.05, 3.63) is 12.0 Å². The summed E-state index contributed by atoms with van der Waals surface area (Å²) in [6, 6.07) is 0. The molecule has 0 unspecified atom stereocenters. The molecule has 5 N–H and O–H groups in total. The third-order valence-corrected chi connectivity index (χ3v) is 0.311. The van der Waals surface area contributed by atoms with E-state index in [-0.39, 0.29) is 0 Å². The fourth-order valence-corrected chi connectivity index (χ4v) is 0.167. The summed E-state index contributed by atoms with van der Waals surface area (Å²) in [7, 11) is 1.74. The lowest BCUT2D eigenvalue weighted by Crippen LogP contribution is -2.11. The Labute approximate surface area is 37.0 Å². The minimum Gasteiger partial charge on any atom is -0.391 e. The van der Waals surface area contributed by atoms with Crippen molar-refractivity contribution >= 4 is 0 Å². The summed E-state index contributed by atoms with van der Waals surface area (Å²) in [6.45, 7) is 0. The zero-order valence-electron chi connectivity index (χ0n) is 3.73. The lowest BCUT2D eigenvalue weighted by molar-refractivity contribution is 1.05. The Morgan fingerprint density at radius 1 is 1.67 bits per heavy atom. The first-order valence-corrected chi connectivity index (χ1v) is 1.65. The van der Waals surface area contributed by atoms with Crippen LogP contribution in [0.5, 0.6) is 0 Å². The third-order valence-electron chi connectivity index (χ3n) is 0.311. The van der Waals surface area contributed by atoms with Gasteiger partial charge in [-0.3, -0.25) is 0 Å². The molecular formula is C3H9N3. The van der Waals surface area contributed by atoms with Gasteiger partial charge in [0, 0.05) is 13.2 Å².